The molecule has 0 radical (unpaired) electrons. The Hall–Kier alpha value is -1.20. The second-order valence-corrected chi connectivity index (χ2v) is 5.23. The molecule has 1 aliphatic heterocycles. The van der Waals surface area contributed by atoms with Gasteiger partial charge in [0.25, 0.3) is 0 Å². The molecule has 0 aromatic carbocycles. The summed E-state index contributed by atoms with van der Waals surface area (Å²) >= 11 is 0. The predicted molar refractivity (Wildman–Crippen MR) is 76.3 cm³/mol. The maximum absolute atomic E-state index is 5.53. The third-order valence-electron chi connectivity index (χ3n) is 3.36. The van der Waals surface area contributed by atoms with Crippen molar-refractivity contribution in [3.05, 3.63) is 18.1 Å². The number of anilines is 1. The molecule has 1 fully saturated rings. The van der Waals surface area contributed by atoms with Crippen LogP contribution in [-0.4, -0.2) is 41.8 Å². The normalized spacial score (nSPS) is 20.0. The maximum atomic E-state index is 5.53. The van der Waals surface area contributed by atoms with Gasteiger partial charge in [0, 0.05) is 25.3 Å². The summed E-state index contributed by atoms with van der Waals surface area (Å²) in [4.78, 5) is 11.3. The molecule has 0 spiro atoms. The van der Waals surface area contributed by atoms with Gasteiger partial charge in [-0.05, 0) is 6.42 Å². The van der Waals surface area contributed by atoms with Gasteiger partial charge in [0.05, 0.1) is 31.1 Å². The first-order valence-corrected chi connectivity index (χ1v) is 7.09. The van der Waals surface area contributed by atoms with E-state index >= 15 is 0 Å². The third-order valence-corrected chi connectivity index (χ3v) is 3.36. The lowest BCUT2D eigenvalue weighted by atomic mass is 10.2. The minimum atomic E-state index is 0.413. The molecule has 0 aliphatic carbocycles. The highest BCUT2D eigenvalue weighted by atomic mass is 16.5. The number of rotatable bonds is 5. The number of nitrogens with zero attached hydrogens (tertiary/aromatic N) is 3. The van der Waals surface area contributed by atoms with Crippen LogP contribution in [0.3, 0.4) is 0 Å². The maximum Gasteiger partial charge on any atom is 0.147 e. The Balaban J connectivity index is 2.08. The zero-order valence-electron chi connectivity index (χ0n) is 12.1. The Morgan fingerprint density at radius 3 is 3.05 bits per heavy atom. The monoisotopic (exact) mass is 264 g/mol. The quantitative estimate of drug-likeness (QED) is 0.875. The second kappa shape index (κ2) is 6.82. The van der Waals surface area contributed by atoms with Crippen LogP contribution in [0.2, 0.25) is 0 Å². The predicted octanol–water partition coefficient (Wildman–Crippen LogP) is 1.59. The average Bonchev–Trinajstić information content (AvgIpc) is 2.45. The van der Waals surface area contributed by atoms with Gasteiger partial charge >= 0.3 is 0 Å². The van der Waals surface area contributed by atoms with E-state index in [4.69, 9.17) is 9.72 Å². The summed E-state index contributed by atoms with van der Waals surface area (Å²) in [5, 5.41) is 3.37. The van der Waals surface area contributed by atoms with Gasteiger partial charge in [0.1, 0.15) is 5.82 Å². The van der Waals surface area contributed by atoms with Gasteiger partial charge in [0.2, 0.25) is 0 Å². The van der Waals surface area contributed by atoms with E-state index in [1.807, 2.05) is 12.4 Å². The molecule has 1 saturated heterocycles. The van der Waals surface area contributed by atoms with Crippen LogP contribution in [0.15, 0.2) is 12.4 Å². The Kier molecular flexibility index (Phi) is 5.10. The fraction of sp³-hybridized carbons (Fsp3) is 0.714. The van der Waals surface area contributed by atoms with E-state index in [-0.39, 0.29) is 0 Å². The van der Waals surface area contributed by atoms with Crippen molar-refractivity contribution in [2.24, 2.45) is 0 Å². The first-order chi connectivity index (χ1) is 9.20. The Labute approximate surface area is 115 Å². The molecule has 1 aromatic heterocycles. The lowest BCUT2D eigenvalue weighted by molar-refractivity contribution is 0.0925. The molecule has 0 amide bonds. The fourth-order valence-corrected chi connectivity index (χ4v) is 2.22. The molecular formula is C14H24N4O. The van der Waals surface area contributed by atoms with Crippen molar-refractivity contribution in [3.8, 4) is 0 Å². The zero-order chi connectivity index (χ0) is 13.7. The third kappa shape index (κ3) is 3.88. The Morgan fingerprint density at radius 1 is 1.47 bits per heavy atom. The van der Waals surface area contributed by atoms with Gasteiger partial charge in [-0.3, -0.25) is 4.98 Å². The van der Waals surface area contributed by atoms with Crippen molar-refractivity contribution in [2.45, 2.75) is 45.8 Å². The molecule has 0 bridgehead atoms. The summed E-state index contributed by atoms with van der Waals surface area (Å²) in [6.45, 7) is 9.66. The Morgan fingerprint density at radius 2 is 2.32 bits per heavy atom. The number of hydrogen-bond donors (Lipinski definition) is 1. The zero-order valence-corrected chi connectivity index (χ0v) is 12.1. The highest BCUT2D eigenvalue weighted by Gasteiger charge is 2.22. The number of aromatic nitrogens is 2. The van der Waals surface area contributed by atoms with Gasteiger partial charge in [-0.15, -0.1) is 0 Å². The average molecular weight is 264 g/mol. The molecule has 5 nitrogen and oxygen atoms in total. The van der Waals surface area contributed by atoms with E-state index in [1.165, 1.54) is 0 Å². The smallest absolute Gasteiger partial charge is 0.147 e. The first kappa shape index (κ1) is 14.2. The highest BCUT2D eigenvalue weighted by molar-refractivity contribution is 5.38. The van der Waals surface area contributed by atoms with Crippen LogP contribution in [-0.2, 0) is 11.3 Å². The molecule has 2 heterocycles. The van der Waals surface area contributed by atoms with E-state index in [0.717, 1.165) is 44.2 Å². The van der Waals surface area contributed by atoms with E-state index in [9.17, 15) is 0 Å². The molecule has 19 heavy (non-hydrogen) atoms. The fourth-order valence-electron chi connectivity index (χ4n) is 2.22. The van der Waals surface area contributed by atoms with Crippen molar-refractivity contribution >= 4 is 5.82 Å². The van der Waals surface area contributed by atoms with Crippen LogP contribution < -0.4 is 10.2 Å². The number of morpholine rings is 1. The summed E-state index contributed by atoms with van der Waals surface area (Å²) < 4.78 is 5.53. The molecule has 1 N–H and O–H groups in total. The van der Waals surface area contributed by atoms with Crippen LogP contribution in [0, 0.1) is 0 Å². The summed E-state index contributed by atoms with van der Waals surface area (Å²) in [6, 6.07) is 0.869. The topological polar surface area (TPSA) is 50.3 Å². The Bertz CT molecular complexity index is 397. The minimum Gasteiger partial charge on any atom is -0.377 e. The van der Waals surface area contributed by atoms with Crippen molar-refractivity contribution in [2.75, 3.05) is 24.7 Å². The van der Waals surface area contributed by atoms with Crippen molar-refractivity contribution in [1.29, 1.82) is 0 Å². The molecule has 106 valence electrons. The van der Waals surface area contributed by atoms with Gasteiger partial charge in [-0.25, -0.2) is 4.98 Å². The van der Waals surface area contributed by atoms with E-state index in [1.54, 1.807) is 0 Å². The molecule has 1 aliphatic rings. The largest absolute Gasteiger partial charge is 0.377 e. The molecule has 0 saturated carbocycles. The lowest BCUT2D eigenvalue weighted by Gasteiger charge is -2.35. The van der Waals surface area contributed by atoms with E-state index < -0.39 is 0 Å². The first-order valence-electron chi connectivity index (χ1n) is 7.09. The highest BCUT2D eigenvalue weighted by Crippen LogP contribution is 2.18. The summed E-state index contributed by atoms with van der Waals surface area (Å²) in [5.74, 6) is 0.971. The molecule has 1 unspecified atom stereocenters. The second-order valence-electron chi connectivity index (χ2n) is 5.23. The van der Waals surface area contributed by atoms with Crippen LogP contribution in [0.5, 0.6) is 0 Å². The van der Waals surface area contributed by atoms with Gasteiger partial charge in [-0.2, -0.15) is 0 Å². The van der Waals surface area contributed by atoms with Gasteiger partial charge in [-0.1, -0.05) is 20.8 Å². The van der Waals surface area contributed by atoms with Crippen molar-refractivity contribution in [3.63, 3.8) is 0 Å². The number of hydrogen-bond acceptors (Lipinski definition) is 5. The van der Waals surface area contributed by atoms with Crippen LogP contribution in [0.1, 0.15) is 32.9 Å². The van der Waals surface area contributed by atoms with Crippen LogP contribution in [0.25, 0.3) is 0 Å². The van der Waals surface area contributed by atoms with Crippen LogP contribution in [0.4, 0.5) is 5.82 Å². The summed E-state index contributed by atoms with van der Waals surface area (Å²) in [5.41, 5.74) is 0.993. The molecule has 2 rings (SSSR count). The van der Waals surface area contributed by atoms with Crippen LogP contribution >= 0.6 is 0 Å². The summed E-state index contributed by atoms with van der Waals surface area (Å²) in [7, 11) is 0. The van der Waals surface area contributed by atoms with Crippen molar-refractivity contribution < 1.29 is 4.74 Å². The molecule has 1 atom stereocenters. The molecule has 5 heteroatoms. The number of ether oxygens (including phenoxy) is 1. The van der Waals surface area contributed by atoms with Gasteiger partial charge in [0.15, 0.2) is 0 Å². The molecule has 1 aromatic rings. The minimum absolute atomic E-state index is 0.413. The van der Waals surface area contributed by atoms with E-state index in [2.05, 4.69) is 36.0 Å². The number of nitrogens with one attached hydrogen (secondary N) is 1. The van der Waals surface area contributed by atoms with E-state index in [0.29, 0.717) is 12.1 Å². The summed E-state index contributed by atoms with van der Waals surface area (Å²) in [6.07, 6.45) is 4.75. The van der Waals surface area contributed by atoms with Crippen molar-refractivity contribution in [1.82, 2.24) is 15.3 Å². The van der Waals surface area contributed by atoms with Gasteiger partial charge < -0.3 is 15.0 Å². The lowest BCUT2D eigenvalue weighted by Crippen LogP contribution is -2.45. The standard InChI is InChI=1S/C14H24N4O/c1-4-13-10-19-6-5-18(13)14-9-15-7-12(17-14)8-16-11(2)3/h7,9,11,13,16H,4-6,8,10H2,1-3H3. The SMILES string of the molecule is CCC1COCCN1c1cncc(CNC(C)C)n1. The molecular weight excluding hydrogens is 240 g/mol.